The zero-order valence-electron chi connectivity index (χ0n) is 20.0. The fourth-order valence-corrected chi connectivity index (χ4v) is 4.79. The molecule has 1 saturated heterocycles. The molecule has 2 aliphatic rings. The highest BCUT2D eigenvalue weighted by Crippen LogP contribution is 2.32. The molecule has 0 aromatic heterocycles. The minimum Gasteiger partial charge on any atom is -0.467 e. The van der Waals surface area contributed by atoms with E-state index in [1.807, 2.05) is 0 Å². The van der Waals surface area contributed by atoms with Crippen molar-refractivity contribution in [3.05, 3.63) is 0 Å². The van der Waals surface area contributed by atoms with Gasteiger partial charge in [0.2, 0.25) is 5.91 Å². The molecule has 2 amide bonds. The average molecular weight is 451 g/mol. The minimum atomic E-state index is -1.66. The Morgan fingerprint density at radius 1 is 1.06 bits per heavy atom. The molecule has 8 heteroatoms. The van der Waals surface area contributed by atoms with Crippen molar-refractivity contribution in [2.75, 3.05) is 7.11 Å². The third kappa shape index (κ3) is 7.27. The summed E-state index contributed by atoms with van der Waals surface area (Å²) in [7, 11) is -0.325. The number of amides is 2. The predicted octanol–water partition coefficient (Wildman–Crippen LogP) is 3.48. The number of nitrogens with zero attached hydrogens (tertiary/aromatic N) is 1. The van der Waals surface area contributed by atoms with Crippen molar-refractivity contribution in [2.24, 2.45) is 5.92 Å². The number of likely N-dealkylation sites (tertiary alicyclic amines) is 1. The zero-order chi connectivity index (χ0) is 23.4. The summed E-state index contributed by atoms with van der Waals surface area (Å²) in [6, 6.07) is -1.77. The average Bonchev–Trinajstić information content (AvgIpc) is 3.30. The summed E-state index contributed by atoms with van der Waals surface area (Å²) >= 11 is 0. The third-order valence-electron chi connectivity index (χ3n) is 5.54. The van der Waals surface area contributed by atoms with Gasteiger partial charge in [-0.25, -0.2) is 9.59 Å². The monoisotopic (exact) mass is 450 g/mol. The summed E-state index contributed by atoms with van der Waals surface area (Å²) in [5, 5.41) is 2.82. The van der Waals surface area contributed by atoms with E-state index >= 15 is 0 Å². The second-order valence-electron chi connectivity index (χ2n) is 10.6. The Balaban J connectivity index is 2.34. The predicted molar refractivity (Wildman–Crippen MR) is 122 cm³/mol. The normalized spacial score (nSPS) is 23.0. The van der Waals surface area contributed by atoms with Gasteiger partial charge in [0.25, 0.3) is 0 Å². The molecule has 1 saturated carbocycles. The smallest absolute Gasteiger partial charge is 0.408 e. The Kier molecular flexibility index (Phi) is 8.20. The lowest BCUT2D eigenvalue weighted by atomic mass is 9.96. The number of alkyl carbamates (subject to hydrolysis) is 1. The largest absolute Gasteiger partial charge is 0.467 e. The lowest BCUT2D eigenvalue weighted by molar-refractivity contribution is -0.152. The lowest BCUT2D eigenvalue weighted by Gasteiger charge is -2.33. The number of nitrogens with one attached hydrogen (secondary N) is 1. The quantitative estimate of drug-likeness (QED) is 0.403. The van der Waals surface area contributed by atoms with Crippen LogP contribution in [0.3, 0.4) is 0 Å². The van der Waals surface area contributed by atoms with Crippen LogP contribution < -0.4 is 5.32 Å². The maximum absolute atomic E-state index is 13.8. The molecule has 2 fully saturated rings. The van der Waals surface area contributed by atoms with E-state index in [-0.39, 0.29) is 17.9 Å². The van der Waals surface area contributed by atoms with Crippen molar-refractivity contribution in [3.63, 3.8) is 0 Å². The maximum Gasteiger partial charge on any atom is 0.408 e. The van der Waals surface area contributed by atoms with Crippen LogP contribution in [-0.2, 0) is 19.1 Å². The summed E-state index contributed by atoms with van der Waals surface area (Å²) in [5.74, 6) is 2.58. The number of rotatable bonds is 4. The molecule has 0 unspecified atom stereocenters. The van der Waals surface area contributed by atoms with E-state index in [1.54, 1.807) is 25.7 Å². The van der Waals surface area contributed by atoms with Crippen LogP contribution >= 0.6 is 0 Å². The number of esters is 1. The van der Waals surface area contributed by atoms with Gasteiger partial charge in [0.15, 0.2) is 0 Å². The van der Waals surface area contributed by atoms with Crippen LogP contribution in [0.5, 0.6) is 0 Å². The van der Waals surface area contributed by atoms with Crippen LogP contribution in [0, 0.1) is 17.4 Å². The van der Waals surface area contributed by atoms with Crippen LogP contribution in [0.4, 0.5) is 4.79 Å². The molecule has 1 heterocycles. The van der Waals surface area contributed by atoms with E-state index in [1.165, 1.54) is 7.11 Å². The molecule has 1 N–H and O–H groups in total. The molecular weight excluding hydrogens is 412 g/mol. The van der Waals surface area contributed by atoms with E-state index in [0.29, 0.717) is 12.8 Å². The topological polar surface area (TPSA) is 84.9 Å². The Bertz CT molecular complexity index is 738. The molecule has 7 nitrogen and oxygen atoms in total. The Hall–Kier alpha value is -2.01. The molecule has 174 valence electrons. The molecule has 0 bridgehead atoms. The molecule has 0 radical (unpaired) electrons. The molecule has 1 aliphatic carbocycles. The van der Waals surface area contributed by atoms with Gasteiger partial charge in [0, 0.05) is 0 Å². The summed E-state index contributed by atoms with van der Waals surface area (Å²) < 4.78 is 10.4. The van der Waals surface area contributed by atoms with E-state index in [4.69, 9.17) is 9.47 Å². The van der Waals surface area contributed by atoms with Crippen molar-refractivity contribution in [3.8, 4) is 11.5 Å². The number of hydrogen-bond acceptors (Lipinski definition) is 5. The van der Waals surface area contributed by atoms with E-state index < -0.39 is 37.8 Å². The Labute approximate surface area is 187 Å². The highest BCUT2D eigenvalue weighted by Gasteiger charge is 2.46. The third-order valence-corrected chi connectivity index (χ3v) is 6.43. The lowest BCUT2D eigenvalue weighted by Crippen LogP contribution is -2.56. The number of carbonyl (C=O) groups is 3. The maximum atomic E-state index is 13.8. The summed E-state index contributed by atoms with van der Waals surface area (Å²) in [6.07, 6.45) is 4.26. The molecule has 31 heavy (non-hydrogen) atoms. The van der Waals surface area contributed by atoms with Gasteiger partial charge in [0.05, 0.1) is 13.2 Å². The summed E-state index contributed by atoms with van der Waals surface area (Å²) in [6.45, 7) is 11.8. The van der Waals surface area contributed by atoms with Crippen molar-refractivity contribution < 1.29 is 23.9 Å². The molecule has 0 spiro atoms. The van der Waals surface area contributed by atoms with Gasteiger partial charge in [-0.15, -0.1) is 5.54 Å². The number of ether oxygens (including phenoxy) is 2. The van der Waals surface area contributed by atoms with Crippen LogP contribution in [0.25, 0.3) is 0 Å². The molecule has 1 aliphatic heterocycles. The number of hydrogen-bond donors (Lipinski definition) is 1. The number of carbonyl (C=O) groups excluding carboxylic acids is 3. The zero-order valence-corrected chi connectivity index (χ0v) is 21.0. The van der Waals surface area contributed by atoms with Crippen LogP contribution in [-0.4, -0.2) is 61.8 Å². The molecule has 3 atom stereocenters. The first-order valence-corrected chi connectivity index (χ1v) is 14.7. The van der Waals surface area contributed by atoms with Crippen LogP contribution in [0.15, 0.2) is 0 Å². The van der Waals surface area contributed by atoms with Gasteiger partial charge in [0.1, 0.15) is 25.8 Å². The SMILES string of the molecule is COC(=O)[C@@H]1CC[C@H](C#C[Si](C)(C)C)N1C(=O)[C@@H](NC(=O)OC(C)(C)C)C1CCCC1. The van der Waals surface area contributed by atoms with Gasteiger partial charge >= 0.3 is 12.1 Å². The summed E-state index contributed by atoms with van der Waals surface area (Å²) in [5.41, 5.74) is 2.67. The highest BCUT2D eigenvalue weighted by atomic mass is 28.3. The van der Waals surface area contributed by atoms with E-state index in [0.717, 1.165) is 25.7 Å². The molecule has 0 aromatic rings. The first-order valence-electron chi connectivity index (χ1n) is 11.2. The van der Waals surface area contributed by atoms with Crippen molar-refractivity contribution in [2.45, 2.75) is 103 Å². The number of methoxy groups -OCH3 is 1. The second kappa shape index (κ2) is 10.1. The van der Waals surface area contributed by atoms with Crippen molar-refractivity contribution in [1.29, 1.82) is 0 Å². The highest BCUT2D eigenvalue weighted by molar-refractivity contribution is 6.83. The van der Waals surface area contributed by atoms with Gasteiger partial charge in [-0.05, 0) is 52.4 Å². The molecular formula is C23H38N2O5Si. The Morgan fingerprint density at radius 2 is 1.68 bits per heavy atom. The van der Waals surface area contributed by atoms with Crippen LogP contribution in [0.2, 0.25) is 19.6 Å². The summed E-state index contributed by atoms with van der Waals surface area (Å²) in [4.78, 5) is 40.4. The van der Waals surface area contributed by atoms with Gasteiger partial charge in [-0.1, -0.05) is 38.4 Å². The fourth-order valence-electron chi connectivity index (χ4n) is 4.19. The van der Waals surface area contributed by atoms with Crippen molar-refractivity contribution >= 4 is 26.0 Å². The standard InChI is InChI=1S/C23H38N2O5Si/c1-23(2,3)30-22(28)24-19(16-10-8-9-11-16)20(26)25-17(14-15-31(5,6)7)12-13-18(25)21(27)29-4/h16-19H,8-13H2,1-7H3,(H,24,28)/t17-,18+,19+/m1/s1. The first kappa shape index (κ1) is 25.2. The van der Waals surface area contributed by atoms with Gasteiger partial charge < -0.3 is 19.7 Å². The fraction of sp³-hybridized carbons (Fsp3) is 0.783. The molecule has 0 aromatic carbocycles. The Morgan fingerprint density at radius 3 is 2.19 bits per heavy atom. The van der Waals surface area contributed by atoms with Crippen molar-refractivity contribution in [1.82, 2.24) is 10.2 Å². The van der Waals surface area contributed by atoms with Gasteiger partial charge in [-0.2, -0.15) is 0 Å². The van der Waals surface area contributed by atoms with Crippen LogP contribution in [0.1, 0.15) is 59.3 Å². The first-order chi connectivity index (χ1) is 14.3. The van der Waals surface area contributed by atoms with Gasteiger partial charge in [-0.3, -0.25) is 4.79 Å². The van der Waals surface area contributed by atoms with E-state index in [2.05, 4.69) is 36.4 Å². The second-order valence-corrected chi connectivity index (χ2v) is 15.3. The molecule has 2 rings (SSSR count). The minimum absolute atomic E-state index is 0.0181. The van der Waals surface area contributed by atoms with E-state index in [9.17, 15) is 14.4 Å².